The van der Waals surface area contributed by atoms with Crippen LogP contribution in [0, 0.1) is 0 Å². The number of aromatic nitrogens is 4. The van der Waals surface area contributed by atoms with E-state index in [1.54, 1.807) is 0 Å². The van der Waals surface area contributed by atoms with E-state index in [0.717, 1.165) is 40.5 Å². The predicted octanol–water partition coefficient (Wildman–Crippen LogP) is 5.57. The van der Waals surface area contributed by atoms with Crippen LogP contribution in [0.15, 0.2) is 73.3 Å². The zero-order valence-electron chi connectivity index (χ0n) is 16.6. The average molecular weight is 396 g/mol. The Labute approximate surface area is 177 Å². The number of imidazole rings is 1. The Morgan fingerprint density at radius 1 is 0.677 bits per heavy atom. The summed E-state index contributed by atoms with van der Waals surface area (Å²) >= 11 is 0. The highest BCUT2D eigenvalue weighted by atomic mass is 15.0. The van der Waals surface area contributed by atoms with Crippen LogP contribution in [0.3, 0.4) is 0 Å². The van der Waals surface area contributed by atoms with Gasteiger partial charge < -0.3 is 0 Å². The molecule has 0 atom stereocenters. The fourth-order valence-electron chi connectivity index (χ4n) is 5.74. The van der Waals surface area contributed by atoms with Crippen molar-refractivity contribution < 1.29 is 0 Å². The third kappa shape index (κ3) is 1.84. The summed E-state index contributed by atoms with van der Waals surface area (Å²) in [4.78, 5) is 14.0. The van der Waals surface area contributed by atoms with Gasteiger partial charge in [0.1, 0.15) is 5.65 Å². The third-order valence-electron chi connectivity index (χ3n) is 7.07. The first-order chi connectivity index (χ1) is 15.4. The van der Waals surface area contributed by atoms with Crippen LogP contribution >= 0.6 is 0 Å². The summed E-state index contributed by atoms with van der Waals surface area (Å²) in [5, 5.41) is 3.43. The van der Waals surface area contributed by atoms with Gasteiger partial charge in [-0.25, -0.2) is 4.98 Å². The molecule has 0 fully saturated rings. The molecule has 6 aromatic rings. The molecule has 2 aliphatic rings. The molecule has 0 saturated carbocycles. The minimum absolute atomic E-state index is 0.906. The van der Waals surface area contributed by atoms with Gasteiger partial charge in [-0.3, -0.25) is 14.4 Å². The highest BCUT2D eigenvalue weighted by molar-refractivity contribution is 6.11. The van der Waals surface area contributed by atoms with Crippen LogP contribution in [0.1, 0.15) is 22.4 Å². The molecule has 0 N–H and O–H groups in total. The van der Waals surface area contributed by atoms with Crippen molar-refractivity contribution in [3.63, 3.8) is 0 Å². The Morgan fingerprint density at radius 2 is 1.48 bits per heavy atom. The summed E-state index contributed by atoms with van der Waals surface area (Å²) < 4.78 is 2.33. The van der Waals surface area contributed by atoms with Crippen molar-refractivity contribution >= 4 is 27.3 Å². The SMILES string of the molecule is c1ccc2c(c1)Cc1c-2ccc2c1Cc1c-2nc2c3ccncc3c3ccncc3n12. The van der Waals surface area contributed by atoms with Crippen LogP contribution in [0.4, 0.5) is 0 Å². The highest BCUT2D eigenvalue weighted by Crippen LogP contribution is 2.47. The Kier molecular flexibility index (Phi) is 2.72. The molecule has 144 valence electrons. The number of hydrogen-bond donors (Lipinski definition) is 0. The smallest absolute Gasteiger partial charge is 0.146 e. The Bertz CT molecular complexity index is 1740. The number of rotatable bonds is 0. The van der Waals surface area contributed by atoms with E-state index in [1.807, 2.05) is 24.8 Å². The van der Waals surface area contributed by atoms with E-state index in [0.29, 0.717) is 0 Å². The van der Waals surface area contributed by atoms with Crippen molar-refractivity contribution in [2.75, 3.05) is 0 Å². The molecule has 0 spiro atoms. The second kappa shape index (κ2) is 5.35. The summed E-state index contributed by atoms with van der Waals surface area (Å²) in [5.41, 5.74) is 12.9. The van der Waals surface area contributed by atoms with E-state index in [1.165, 1.54) is 44.5 Å². The summed E-state index contributed by atoms with van der Waals surface area (Å²) in [6.45, 7) is 0. The maximum absolute atomic E-state index is 5.19. The fraction of sp³-hybridized carbons (Fsp3) is 0.0741. The van der Waals surface area contributed by atoms with Crippen LogP contribution in [0.2, 0.25) is 0 Å². The zero-order chi connectivity index (χ0) is 20.1. The Hall–Kier alpha value is -4.05. The van der Waals surface area contributed by atoms with E-state index >= 15 is 0 Å². The fourth-order valence-corrected chi connectivity index (χ4v) is 5.74. The first-order valence-corrected chi connectivity index (χ1v) is 10.6. The normalized spacial score (nSPS) is 13.5. The van der Waals surface area contributed by atoms with E-state index in [9.17, 15) is 0 Å². The summed E-state index contributed by atoms with van der Waals surface area (Å²) in [5.74, 6) is 0. The second-order valence-electron chi connectivity index (χ2n) is 8.51. The van der Waals surface area contributed by atoms with E-state index in [-0.39, 0.29) is 0 Å². The molecule has 2 aliphatic carbocycles. The monoisotopic (exact) mass is 396 g/mol. The van der Waals surface area contributed by atoms with Gasteiger partial charge in [-0.05, 0) is 46.4 Å². The van der Waals surface area contributed by atoms with Gasteiger partial charge in [0.25, 0.3) is 0 Å². The molecule has 0 saturated heterocycles. The average Bonchev–Trinajstić information content (AvgIpc) is 3.49. The van der Waals surface area contributed by atoms with Crippen molar-refractivity contribution in [1.29, 1.82) is 0 Å². The van der Waals surface area contributed by atoms with Gasteiger partial charge in [0.05, 0.1) is 23.1 Å². The van der Waals surface area contributed by atoms with Crippen molar-refractivity contribution in [2.45, 2.75) is 12.8 Å². The van der Waals surface area contributed by atoms with Gasteiger partial charge in [-0.1, -0.05) is 36.4 Å². The summed E-state index contributed by atoms with van der Waals surface area (Å²) in [6.07, 6.45) is 9.53. The largest absolute Gasteiger partial charge is 0.294 e. The third-order valence-corrected chi connectivity index (χ3v) is 7.07. The number of nitrogens with zero attached hydrogens (tertiary/aromatic N) is 4. The van der Waals surface area contributed by atoms with Crippen molar-refractivity contribution in [2.24, 2.45) is 0 Å². The molecular formula is C27H16N4. The molecule has 0 unspecified atom stereocenters. The number of hydrogen-bond acceptors (Lipinski definition) is 3. The van der Waals surface area contributed by atoms with Gasteiger partial charge in [-0.2, -0.15) is 0 Å². The molecule has 4 aromatic heterocycles. The van der Waals surface area contributed by atoms with Crippen LogP contribution in [-0.2, 0) is 12.8 Å². The van der Waals surface area contributed by atoms with E-state index in [2.05, 4.69) is 62.9 Å². The van der Waals surface area contributed by atoms with Crippen molar-refractivity contribution in [1.82, 2.24) is 19.4 Å². The minimum Gasteiger partial charge on any atom is -0.294 e. The molecule has 0 bridgehead atoms. The predicted molar refractivity (Wildman–Crippen MR) is 122 cm³/mol. The lowest BCUT2D eigenvalue weighted by molar-refractivity contribution is 1.07. The maximum atomic E-state index is 5.19. The standard InChI is InChI=1S/C27H16N4/c1-2-4-16-15(3-1)11-21-17(16)5-6-19-22(21)12-24-26(19)30-27-20-8-10-28-13-23(20)18-7-9-29-14-25(18)31(24)27/h1-10,13-14H,11-12H2. The number of benzene rings is 2. The van der Waals surface area contributed by atoms with E-state index in [4.69, 9.17) is 4.98 Å². The zero-order valence-corrected chi connectivity index (χ0v) is 16.6. The lowest BCUT2D eigenvalue weighted by Crippen LogP contribution is -1.98. The first kappa shape index (κ1) is 15.7. The Morgan fingerprint density at radius 3 is 2.45 bits per heavy atom. The van der Waals surface area contributed by atoms with Crippen molar-refractivity contribution in [3.05, 3.63) is 95.7 Å². The lowest BCUT2D eigenvalue weighted by Gasteiger charge is -2.10. The van der Waals surface area contributed by atoms with Gasteiger partial charge >= 0.3 is 0 Å². The second-order valence-corrected chi connectivity index (χ2v) is 8.51. The van der Waals surface area contributed by atoms with Gasteiger partial charge in [0.15, 0.2) is 0 Å². The van der Waals surface area contributed by atoms with E-state index < -0.39 is 0 Å². The molecule has 4 nitrogen and oxygen atoms in total. The molecule has 4 heteroatoms. The van der Waals surface area contributed by atoms with Gasteiger partial charge in [-0.15, -0.1) is 0 Å². The molecule has 0 radical (unpaired) electrons. The highest BCUT2D eigenvalue weighted by Gasteiger charge is 2.31. The van der Waals surface area contributed by atoms with Crippen molar-refractivity contribution in [3.8, 4) is 22.4 Å². The first-order valence-electron chi connectivity index (χ1n) is 10.6. The molecule has 8 rings (SSSR count). The van der Waals surface area contributed by atoms with Crippen LogP contribution in [0.5, 0.6) is 0 Å². The molecular weight excluding hydrogens is 380 g/mol. The molecule has 0 aliphatic heterocycles. The molecule has 2 aromatic carbocycles. The van der Waals surface area contributed by atoms with Crippen LogP contribution < -0.4 is 0 Å². The Balaban J connectivity index is 1.47. The molecule has 0 amide bonds. The molecule has 31 heavy (non-hydrogen) atoms. The van der Waals surface area contributed by atoms with Crippen LogP contribution in [-0.4, -0.2) is 19.4 Å². The minimum atomic E-state index is 0.906. The van der Waals surface area contributed by atoms with Crippen LogP contribution in [0.25, 0.3) is 49.7 Å². The maximum Gasteiger partial charge on any atom is 0.146 e. The summed E-state index contributed by atoms with van der Waals surface area (Å²) in [7, 11) is 0. The topological polar surface area (TPSA) is 43.1 Å². The number of fused-ring (bicyclic) bond motifs is 14. The van der Waals surface area contributed by atoms with Gasteiger partial charge in [0.2, 0.25) is 0 Å². The van der Waals surface area contributed by atoms with Gasteiger partial charge in [0, 0.05) is 46.7 Å². The lowest BCUT2D eigenvalue weighted by atomic mass is 9.97. The summed E-state index contributed by atoms with van der Waals surface area (Å²) in [6, 6.07) is 17.5. The molecule has 4 heterocycles. The quantitative estimate of drug-likeness (QED) is 0.315. The number of pyridine rings is 3.